The van der Waals surface area contributed by atoms with Gasteiger partial charge < -0.3 is 169 Å². The first-order chi connectivity index (χ1) is 12.0. The molecule has 0 heterocycles. The summed E-state index contributed by atoms with van der Waals surface area (Å²) in [6.45, 7) is 0. The monoisotopic (exact) mass is 840 g/mol. The first kappa shape index (κ1) is 117. The van der Waals surface area contributed by atoms with Gasteiger partial charge in [0, 0.05) is 0 Å². The minimum absolute atomic E-state index is 0. The second-order valence-corrected chi connectivity index (χ2v) is 9.00. The van der Waals surface area contributed by atoms with E-state index in [1.807, 2.05) is 0 Å². The van der Waals surface area contributed by atoms with Crippen molar-refractivity contribution in [1.82, 2.24) is 0 Å². The van der Waals surface area contributed by atoms with Crippen LogP contribution in [0.4, 0.5) is 0 Å². The molecule has 0 N–H and O–H groups in total. The third-order valence-corrected chi connectivity index (χ3v) is 0. The summed E-state index contributed by atoms with van der Waals surface area (Å²) >= 11 is 0. The molecule has 0 atom stereocenters. The molecule has 42 heteroatoms. The smallest absolute Gasteiger partial charge is 0.894 e. The molecule has 24 nitrogen and oxygen atoms in total. The van der Waals surface area contributed by atoms with E-state index in [4.69, 9.17) is 115 Å². The summed E-state index contributed by atoms with van der Waals surface area (Å²) in [5.41, 5.74) is 0. The maximum Gasteiger partial charge on any atom is 2.00 e. The second kappa shape index (κ2) is 59.8. The molecule has 0 amide bonds. The van der Waals surface area contributed by atoms with Gasteiger partial charge in [0.05, 0.1) is 0 Å². The molecule has 0 fully saturated rings. The van der Waals surface area contributed by atoms with Crippen molar-refractivity contribution in [2.75, 3.05) is 0 Å². The van der Waals surface area contributed by atoms with Gasteiger partial charge in [-0.1, -0.05) is 0 Å². The van der Waals surface area contributed by atoms with Gasteiger partial charge in [0.25, 0.3) is 0 Å². The van der Waals surface area contributed by atoms with E-state index in [9.17, 15) is 0 Å². The minimum atomic E-state index is -5.61. The maximum absolute atomic E-state index is 8.58. The van der Waals surface area contributed by atoms with Crippen LogP contribution < -0.4 is 115 Å². The van der Waals surface area contributed by atoms with Crippen molar-refractivity contribution >= 4 is 331 Å². The predicted octanol–water partition coefficient (Wildman–Crippen LogP) is -35.4. The fraction of sp³-hybridized carbons (Fsp3) is 0. The van der Waals surface area contributed by atoms with E-state index in [1.165, 1.54) is 0 Å². The average Bonchev–Trinajstić information content (AvgIpc) is 1.94. The van der Waals surface area contributed by atoms with Crippen LogP contribution in [0, 0.1) is 0 Å². The maximum atomic E-state index is 8.58. The van der Waals surface area contributed by atoms with E-state index in [-0.39, 0.29) is 277 Å². The average molecular weight is 844 g/mol. The molecule has 0 radical (unpaired) electrons. The topological polar surface area (TPSA) is 553 Å². The van der Waals surface area contributed by atoms with Crippen molar-refractivity contribution in [3.63, 3.8) is 0 Å². The zero-order valence-electron chi connectivity index (χ0n) is 21.3. The zero-order chi connectivity index (χ0) is 27.0. The molecule has 0 aliphatic rings. The molecule has 0 aromatic heterocycles. The third-order valence-electron chi connectivity index (χ3n) is 0. The van der Waals surface area contributed by atoms with Gasteiger partial charge in [-0.15, -0.1) is 0 Å². The van der Waals surface area contributed by atoms with Crippen molar-refractivity contribution in [2.24, 2.45) is 0 Å². The SMILES string of the molecule is [Mg+2].[Mg+2].[Mg+2].[Mg+2].[Mg+2].[Mg+2].[Mg+2].[Mg+2].[Mg+2].[Mg+2].[Mg+2].[Mg+2].[O-][Si]([O-])([O-])[O-].[O-][Si]([O-])([O-])[O-].[O-][Si]([O-])([O-])[O-].[O-][Si]([O-])([O-])[O-].[O-][Si]([O-])([O-])[O-].[O-][Si]([O-])([O-])[O-]. The molecule has 0 rings (SSSR count). The van der Waals surface area contributed by atoms with Crippen LogP contribution >= 0.6 is 0 Å². The van der Waals surface area contributed by atoms with Crippen LogP contribution in [0.3, 0.4) is 0 Å². The Morgan fingerprint density at radius 3 is 0.119 bits per heavy atom. The molecule has 192 valence electrons. The van der Waals surface area contributed by atoms with Gasteiger partial charge in [0.15, 0.2) is 0 Å². The Hall–Kier alpha value is 9.54. The van der Waals surface area contributed by atoms with E-state index >= 15 is 0 Å². The van der Waals surface area contributed by atoms with E-state index in [0.29, 0.717) is 0 Å². The van der Waals surface area contributed by atoms with Crippen LogP contribution in [0.25, 0.3) is 0 Å². The van der Waals surface area contributed by atoms with Gasteiger partial charge in [-0.05, 0) is 0 Å². The standard InChI is InChI=1S/12Mg.6O4Si/c;;;;;;;;;;;;6*1-5(2,3)4/q12*+2;6*-4. The zero-order valence-corrected chi connectivity index (χ0v) is 44.3. The number of hydrogen-bond donors (Lipinski definition) is 0. The summed E-state index contributed by atoms with van der Waals surface area (Å²) in [6, 6.07) is 0. The number of rotatable bonds is 0. The molecule has 0 aromatic rings. The first-order valence-electron chi connectivity index (χ1n) is 4.90. The molecule has 42 heavy (non-hydrogen) atoms. The summed E-state index contributed by atoms with van der Waals surface area (Å²) in [7, 11) is -33.7. The molecular formula is Mg12O24Si6. The van der Waals surface area contributed by atoms with Crippen molar-refractivity contribution in [3.8, 4) is 0 Å². The van der Waals surface area contributed by atoms with Crippen LogP contribution in [0.2, 0.25) is 0 Å². The van der Waals surface area contributed by atoms with Crippen molar-refractivity contribution < 1.29 is 115 Å². The largest absolute Gasteiger partial charge is 2.00 e. The molecular weight excluding hydrogens is 844 g/mol. The summed E-state index contributed by atoms with van der Waals surface area (Å²) in [5.74, 6) is 0. The van der Waals surface area contributed by atoms with E-state index in [1.54, 1.807) is 0 Å². The Kier molecular flexibility index (Phi) is 167. The molecule has 0 aromatic carbocycles. The summed E-state index contributed by atoms with van der Waals surface area (Å²) in [5, 5.41) is 0. The van der Waals surface area contributed by atoms with Gasteiger partial charge >= 0.3 is 277 Å². The molecule has 0 unspecified atom stereocenters. The van der Waals surface area contributed by atoms with E-state index in [2.05, 4.69) is 0 Å². The summed E-state index contributed by atoms with van der Waals surface area (Å²) in [4.78, 5) is 206. The van der Waals surface area contributed by atoms with Gasteiger partial charge in [0.2, 0.25) is 0 Å². The Bertz CT molecular complexity index is 244. The first-order valence-corrected chi connectivity index (χ1v) is 14.7. The van der Waals surface area contributed by atoms with Crippen molar-refractivity contribution in [1.29, 1.82) is 0 Å². The molecule has 0 saturated heterocycles. The normalized spacial score (nSPS) is 8.57. The quantitative estimate of drug-likeness (QED) is 0.204. The van der Waals surface area contributed by atoms with Crippen LogP contribution in [-0.4, -0.2) is 331 Å². The fourth-order valence-electron chi connectivity index (χ4n) is 0. The van der Waals surface area contributed by atoms with Gasteiger partial charge in [-0.3, -0.25) is 0 Å². The fourth-order valence-corrected chi connectivity index (χ4v) is 0. The molecule has 0 aliphatic carbocycles. The van der Waals surface area contributed by atoms with Crippen LogP contribution in [-0.2, 0) is 0 Å². The van der Waals surface area contributed by atoms with Crippen molar-refractivity contribution in [2.45, 2.75) is 0 Å². The van der Waals surface area contributed by atoms with Gasteiger partial charge in [-0.25, -0.2) is 0 Å². The van der Waals surface area contributed by atoms with Crippen LogP contribution in [0.15, 0.2) is 0 Å². The van der Waals surface area contributed by atoms with Gasteiger partial charge in [-0.2, -0.15) is 0 Å². The Morgan fingerprint density at radius 1 is 0.119 bits per heavy atom. The van der Waals surface area contributed by atoms with Crippen molar-refractivity contribution in [3.05, 3.63) is 0 Å². The summed E-state index contributed by atoms with van der Waals surface area (Å²) < 4.78 is 0. The second-order valence-electron chi connectivity index (χ2n) is 3.00. The molecule has 0 spiro atoms. The predicted molar refractivity (Wildman–Crippen MR) is 104 cm³/mol. The Labute approximate surface area is 437 Å². The third kappa shape index (κ3) is 1280. The summed E-state index contributed by atoms with van der Waals surface area (Å²) in [6.07, 6.45) is 0. The van der Waals surface area contributed by atoms with Gasteiger partial charge in [0.1, 0.15) is 0 Å². The van der Waals surface area contributed by atoms with Crippen LogP contribution in [0.5, 0.6) is 0 Å². The number of hydrogen-bond acceptors (Lipinski definition) is 24. The Morgan fingerprint density at radius 2 is 0.119 bits per heavy atom. The van der Waals surface area contributed by atoms with E-state index < -0.39 is 54.3 Å². The van der Waals surface area contributed by atoms with E-state index in [0.717, 1.165) is 0 Å². The Balaban J connectivity index is -0.00000000973. The molecule has 0 aliphatic heterocycles. The van der Waals surface area contributed by atoms with Crippen LogP contribution in [0.1, 0.15) is 0 Å². The molecule has 0 saturated carbocycles. The minimum Gasteiger partial charge on any atom is -0.894 e. The molecule has 0 bridgehead atoms.